The van der Waals surface area contributed by atoms with Crippen molar-refractivity contribution in [2.24, 2.45) is 0 Å². The number of carboxylic acid groups (broad SMARTS) is 1. The van der Waals surface area contributed by atoms with Gasteiger partial charge in [-0.15, -0.1) is 0 Å². The van der Waals surface area contributed by atoms with Crippen molar-refractivity contribution >= 4 is 21.7 Å². The van der Waals surface area contributed by atoms with Crippen LogP contribution in [0.15, 0.2) is 41.6 Å². The highest BCUT2D eigenvalue weighted by atomic mass is 32.2. The lowest BCUT2D eigenvalue weighted by molar-refractivity contribution is -0.136. The highest BCUT2D eigenvalue weighted by molar-refractivity contribution is 7.92. The van der Waals surface area contributed by atoms with Gasteiger partial charge in [0.2, 0.25) is 0 Å². The molecule has 0 aliphatic rings. The first-order valence-electron chi connectivity index (χ1n) is 5.30. The number of aromatic amines is 1. The lowest BCUT2D eigenvalue weighted by Crippen LogP contribution is -2.12. The van der Waals surface area contributed by atoms with Crippen molar-refractivity contribution in [1.82, 2.24) is 10.2 Å². The highest BCUT2D eigenvalue weighted by Crippen LogP contribution is 2.15. The van der Waals surface area contributed by atoms with E-state index in [4.69, 9.17) is 5.11 Å². The first kappa shape index (κ1) is 13.1. The Morgan fingerprint density at radius 1 is 1.32 bits per heavy atom. The fraction of sp³-hybridized carbons (Fsp3) is 0.0909. The molecule has 0 atom stereocenters. The molecular formula is C11H11N3O4S. The summed E-state index contributed by atoms with van der Waals surface area (Å²) in [5, 5.41) is 14.6. The van der Waals surface area contributed by atoms with E-state index in [1.54, 1.807) is 12.1 Å². The maximum absolute atomic E-state index is 11.9. The molecule has 0 unspecified atom stereocenters. The maximum Gasteiger partial charge on any atom is 0.307 e. The predicted molar refractivity (Wildman–Crippen MR) is 67.2 cm³/mol. The van der Waals surface area contributed by atoms with Gasteiger partial charge in [-0.2, -0.15) is 5.10 Å². The Morgan fingerprint density at radius 2 is 2.00 bits per heavy atom. The van der Waals surface area contributed by atoms with Crippen molar-refractivity contribution in [2.75, 3.05) is 4.72 Å². The standard InChI is InChI=1S/C11H11N3O4S/c15-11(16)5-8-1-3-9(4-2-8)14-19(17,18)10-6-12-13-7-10/h1-4,6-7,14H,5H2,(H,12,13)(H,15,16). The number of rotatable bonds is 5. The van der Waals surface area contributed by atoms with Crippen LogP contribution in [0.2, 0.25) is 0 Å². The number of nitrogens with zero attached hydrogens (tertiary/aromatic N) is 1. The molecule has 0 aliphatic carbocycles. The number of sulfonamides is 1. The molecule has 1 aromatic carbocycles. The number of hydrogen-bond acceptors (Lipinski definition) is 4. The molecular weight excluding hydrogens is 270 g/mol. The smallest absolute Gasteiger partial charge is 0.307 e. The fourth-order valence-corrected chi connectivity index (χ4v) is 2.43. The quantitative estimate of drug-likeness (QED) is 0.751. The molecule has 3 N–H and O–H groups in total. The van der Waals surface area contributed by atoms with Gasteiger partial charge in [-0.1, -0.05) is 12.1 Å². The van der Waals surface area contributed by atoms with Crippen molar-refractivity contribution in [2.45, 2.75) is 11.3 Å². The van der Waals surface area contributed by atoms with E-state index in [0.29, 0.717) is 11.3 Å². The average Bonchev–Trinajstić information content (AvgIpc) is 2.85. The van der Waals surface area contributed by atoms with E-state index in [9.17, 15) is 13.2 Å². The maximum atomic E-state index is 11.9. The molecule has 0 amide bonds. The Bertz CT molecular complexity index is 662. The Hall–Kier alpha value is -2.35. The molecule has 1 aromatic heterocycles. The Balaban J connectivity index is 2.14. The summed E-state index contributed by atoms with van der Waals surface area (Å²) >= 11 is 0. The molecule has 0 radical (unpaired) electrons. The number of hydrogen-bond donors (Lipinski definition) is 3. The molecule has 0 saturated heterocycles. The number of anilines is 1. The van der Waals surface area contributed by atoms with Crippen molar-refractivity contribution in [3.05, 3.63) is 42.2 Å². The minimum absolute atomic E-state index is 0.0297. The van der Waals surface area contributed by atoms with Crippen molar-refractivity contribution in [3.63, 3.8) is 0 Å². The number of H-pyrrole nitrogens is 1. The van der Waals surface area contributed by atoms with Gasteiger partial charge in [0.15, 0.2) is 0 Å². The van der Waals surface area contributed by atoms with Gasteiger partial charge in [0.25, 0.3) is 10.0 Å². The van der Waals surface area contributed by atoms with Crippen molar-refractivity contribution in [3.8, 4) is 0 Å². The third kappa shape index (κ3) is 3.32. The Kier molecular flexibility index (Phi) is 3.52. The molecule has 0 spiro atoms. The molecule has 0 aliphatic heterocycles. The minimum atomic E-state index is -3.67. The van der Waals surface area contributed by atoms with E-state index >= 15 is 0 Å². The topological polar surface area (TPSA) is 112 Å². The van der Waals surface area contributed by atoms with Gasteiger partial charge < -0.3 is 5.11 Å². The number of carboxylic acids is 1. The number of nitrogens with one attached hydrogen (secondary N) is 2. The van der Waals surface area contributed by atoms with Crippen LogP contribution in [0.5, 0.6) is 0 Å². The summed E-state index contributed by atoms with van der Waals surface area (Å²) in [4.78, 5) is 10.5. The third-order valence-corrected chi connectivity index (χ3v) is 3.69. The predicted octanol–water partition coefficient (Wildman–Crippen LogP) is 0.838. The van der Waals surface area contributed by atoms with Gasteiger partial charge in [-0.05, 0) is 17.7 Å². The number of benzene rings is 1. The van der Waals surface area contributed by atoms with Crippen LogP contribution in [0.4, 0.5) is 5.69 Å². The van der Waals surface area contributed by atoms with E-state index in [-0.39, 0.29) is 11.3 Å². The van der Waals surface area contributed by atoms with E-state index in [1.807, 2.05) is 0 Å². The van der Waals surface area contributed by atoms with Gasteiger partial charge >= 0.3 is 5.97 Å². The summed E-state index contributed by atoms with van der Waals surface area (Å²) in [5.74, 6) is -0.938. The summed E-state index contributed by atoms with van der Waals surface area (Å²) < 4.78 is 26.1. The third-order valence-electron chi connectivity index (χ3n) is 2.34. The van der Waals surface area contributed by atoms with E-state index in [2.05, 4.69) is 14.9 Å². The molecule has 100 valence electrons. The zero-order valence-electron chi connectivity index (χ0n) is 9.70. The van der Waals surface area contributed by atoms with Crippen LogP contribution >= 0.6 is 0 Å². The summed E-state index contributed by atoms with van der Waals surface area (Å²) in [5.41, 5.74) is 0.953. The zero-order chi connectivity index (χ0) is 13.9. The summed E-state index contributed by atoms with van der Waals surface area (Å²) in [6.07, 6.45) is 2.36. The van der Waals surface area contributed by atoms with Crippen LogP contribution in [0.3, 0.4) is 0 Å². The minimum Gasteiger partial charge on any atom is -0.481 e. The SMILES string of the molecule is O=C(O)Cc1ccc(NS(=O)(=O)c2cn[nH]c2)cc1. The summed E-state index contributed by atoms with van der Waals surface area (Å²) in [7, 11) is -3.67. The molecule has 8 heteroatoms. The summed E-state index contributed by atoms with van der Waals surface area (Å²) in [6, 6.07) is 6.13. The second kappa shape index (κ2) is 5.11. The monoisotopic (exact) mass is 281 g/mol. The Morgan fingerprint density at radius 3 is 2.53 bits per heavy atom. The van der Waals surface area contributed by atoms with Crippen LogP contribution in [-0.2, 0) is 21.2 Å². The zero-order valence-corrected chi connectivity index (χ0v) is 10.5. The molecule has 19 heavy (non-hydrogen) atoms. The first-order valence-corrected chi connectivity index (χ1v) is 6.78. The van der Waals surface area contributed by atoms with E-state index in [1.165, 1.54) is 24.5 Å². The molecule has 0 saturated carbocycles. The van der Waals surface area contributed by atoms with Crippen LogP contribution in [0.1, 0.15) is 5.56 Å². The second-order valence-corrected chi connectivity index (χ2v) is 5.49. The van der Waals surface area contributed by atoms with Crippen molar-refractivity contribution in [1.29, 1.82) is 0 Å². The molecule has 2 aromatic rings. The molecule has 0 bridgehead atoms. The Labute approximate surface area is 109 Å². The van der Waals surface area contributed by atoms with Crippen LogP contribution < -0.4 is 4.72 Å². The van der Waals surface area contributed by atoms with Gasteiger partial charge in [0.1, 0.15) is 4.90 Å². The average molecular weight is 281 g/mol. The number of aromatic nitrogens is 2. The fourth-order valence-electron chi connectivity index (χ4n) is 1.47. The van der Waals surface area contributed by atoms with E-state index < -0.39 is 16.0 Å². The first-order chi connectivity index (χ1) is 8.97. The highest BCUT2D eigenvalue weighted by Gasteiger charge is 2.15. The van der Waals surface area contributed by atoms with Crippen LogP contribution in [0, 0.1) is 0 Å². The normalized spacial score (nSPS) is 11.2. The number of carbonyl (C=O) groups is 1. The van der Waals surface area contributed by atoms with Gasteiger partial charge in [-0.3, -0.25) is 14.6 Å². The molecule has 7 nitrogen and oxygen atoms in total. The molecule has 1 heterocycles. The van der Waals surface area contributed by atoms with Crippen LogP contribution in [0.25, 0.3) is 0 Å². The second-order valence-electron chi connectivity index (χ2n) is 3.81. The van der Waals surface area contributed by atoms with E-state index in [0.717, 1.165) is 0 Å². The van der Waals surface area contributed by atoms with Crippen molar-refractivity contribution < 1.29 is 18.3 Å². The van der Waals surface area contributed by atoms with Crippen LogP contribution in [-0.4, -0.2) is 29.7 Å². The number of aliphatic carboxylic acids is 1. The lowest BCUT2D eigenvalue weighted by atomic mass is 10.1. The summed E-state index contributed by atoms with van der Waals surface area (Å²) in [6.45, 7) is 0. The lowest BCUT2D eigenvalue weighted by Gasteiger charge is -2.06. The van der Waals surface area contributed by atoms with Gasteiger partial charge in [0, 0.05) is 11.9 Å². The largest absolute Gasteiger partial charge is 0.481 e. The van der Waals surface area contributed by atoms with Gasteiger partial charge in [0.05, 0.1) is 12.6 Å². The molecule has 0 fully saturated rings. The molecule has 2 rings (SSSR count). The van der Waals surface area contributed by atoms with Gasteiger partial charge in [-0.25, -0.2) is 8.42 Å².